The average molecular weight is 229 g/mol. The van der Waals surface area contributed by atoms with Crippen LogP contribution in [0, 0.1) is 0 Å². The first-order valence-electron chi connectivity index (χ1n) is 3.78. The Morgan fingerprint density at radius 1 is 1.07 bits per heavy atom. The molecule has 2 aromatic rings. The number of anilines is 1. The van der Waals surface area contributed by atoms with Gasteiger partial charge in [-0.1, -0.05) is 23.2 Å². The molecule has 2 N–H and O–H groups in total. The van der Waals surface area contributed by atoms with Gasteiger partial charge in [-0.3, -0.25) is 4.57 Å². The smallest absolute Gasteiger partial charge is 0.123 e. The lowest BCUT2D eigenvalue weighted by atomic mass is 10.3. The minimum Gasteiger partial charge on any atom is -0.396 e. The van der Waals surface area contributed by atoms with Crippen molar-refractivity contribution in [1.29, 1.82) is 0 Å². The van der Waals surface area contributed by atoms with Gasteiger partial charge in [-0.2, -0.15) is 0 Å². The van der Waals surface area contributed by atoms with E-state index < -0.39 is 0 Å². The van der Waals surface area contributed by atoms with Crippen molar-refractivity contribution in [2.45, 2.75) is 0 Å². The highest BCUT2D eigenvalue weighted by Crippen LogP contribution is 2.30. The fraction of sp³-hybridized carbons (Fsp3) is 0. The van der Waals surface area contributed by atoms with Gasteiger partial charge in [-0.05, 0) is 12.1 Å². The molecule has 0 amide bonds. The van der Waals surface area contributed by atoms with Crippen LogP contribution in [0.25, 0.3) is 5.69 Å². The standard InChI is InChI=1S/C8H6Cl2N4/c9-6-1-5(2-7(10)8(6)11)14-3-12-13-4-14/h1-4H,11H2. The second-order valence-corrected chi connectivity index (χ2v) is 3.51. The molecular formula is C8H6Cl2N4. The van der Waals surface area contributed by atoms with E-state index in [9.17, 15) is 0 Å². The molecule has 0 spiro atoms. The Hall–Kier alpha value is -1.26. The van der Waals surface area contributed by atoms with Crippen molar-refractivity contribution in [3.8, 4) is 5.69 Å². The van der Waals surface area contributed by atoms with Gasteiger partial charge in [0.1, 0.15) is 12.7 Å². The van der Waals surface area contributed by atoms with E-state index in [2.05, 4.69) is 10.2 Å². The summed E-state index contributed by atoms with van der Waals surface area (Å²) in [7, 11) is 0. The van der Waals surface area contributed by atoms with Crippen LogP contribution in [-0.4, -0.2) is 14.8 Å². The Balaban J connectivity index is 2.57. The van der Waals surface area contributed by atoms with E-state index in [1.165, 1.54) is 0 Å². The molecule has 0 radical (unpaired) electrons. The number of aromatic nitrogens is 3. The quantitative estimate of drug-likeness (QED) is 0.762. The third-order valence-corrected chi connectivity index (χ3v) is 2.41. The van der Waals surface area contributed by atoms with Gasteiger partial charge < -0.3 is 5.73 Å². The second kappa shape index (κ2) is 3.48. The number of benzene rings is 1. The van der Waals surface area contributed by atoms with Gasteiger partial charge in [-0.15, -0.1) is 10.2 Å². The van der Waals surface area contributed by atoms with Crippen LogP contribution in [0.5, 0.6) is 0 Å². The number of halogens is 2. The third-order valence-electron chi connectivity index (χ3n) is 1.78. The molecular weight excluding hydrogens is 223 g/mol. The normalized spacial score (nSPS) is 10.4. The highest BCUT2D eigenvalue weighted by Gasteiger charge is 2.05. The monoisotopic (exact) mass is 228 g/mol. The highest BCUT2D eigenvalue weighted by atomic mass is 35.5. The van der Waals surface area contributed by atoms with Crippen molar-refractivity contribution in [3.05, 3.63) is 34.8 Å². The molecule has 0 saturated heterocycles. The number of hydrogen-bond donors (Lipinski definition) is 1. The minimum absolute atomic E-state index is 0.380. The zero-order chi connectivity index (χ0) is 10.1. The van der Waals surface area contributed by atoms with Crippen LogP contribution in [0.4, 0.5) is 5.69 Å². The molecule has 1 aromatic carbocycles. The van der Waals surface area contributed by atoms with Crippen LogP contribution in [0.15, 0.2) is 24.8 Å². The summed E-state index contributed by atoms with van der Waals surface area (Å²) in [5.41, 5.74) is 6.76. The molecule has 0 bridgehead atoms. The SMILES string of the molecule is Nc1c(Cl)cc(-n2cnnc2)cc1Cl. The van der Waals surface area contributed by atoms with E-state index in [1.54, 1.807) is 29.4 Å². The first-order valence-corrected chi connectivity index (χ1v) is 4.53. The highest BCUT2D eigenvalue weighted by molar-refractivity contribution is 6.39. The summed E-state index contributed by atoms with van der Waals surface area (Å²) < 4.78 is 1.69. The molecule has 0 aliphatic heterocycles. The molecule has 14 heavy (non-hydrogen) atoms. The minimum atomic E-state index is 0.380. The van der Waals surface area contributed by atoms with Crippen molar-refractivity contribution in [1.82, 2.24) is 14.8 Å². The van der Waals surface area contributed by atoms with Gasteiger partial charge >= 0.3 is 0 Å². The lowest BCUT2D eigenvalue weighted by Crippen LogP contribution is -1.94. The molecule has 0 atom stereocenters. The molecule has 72 valence electrons. The number of hydrogen-bond acceptors (Lipinski definition) is 3. The van der Waals surface area contributed by atoms with Gasteiger partial charge in [0.2, 0.25) is 0 Å². The number of nitrogen functional groups attached to an aromatic ring is 1. The molecule has 0 aliphatic carbocycles. The predicted octanol–water partition coefficient (Wildman–Crippen LogP) is 2.16. The van der Waals surface area contributed by atoms with Crippen molar-refractivity contribution < 1.29 is 0 Å². The van der Waals surface area contributed by atoms with Crippen molar-refractivity contribution in [3.63, 3.8) is 0 Å². The van der Waals surface area contributed by atoms with Crippen LogP contribution >= 0.6 is 23.2 Å². The van der Waals surface area contributed by atoms with Crippen LogP contribution in [0.2, 0.25) is 10.0 Å². The molecule has 2 rings (SSSR count). The molecule has 6 heteroatoms. The zero-order valence-corrected chi connectivity index (χ0v) is 8.50. The largest absolute Gasteiger partial charge is 0.396 e. The summed E-state index contributed by atoms with van der Waals surface area (Å²) >= 11 is 11.7. The molecule has 1 aromatic heterocycles. The fourth-order valence-electron chi connectivity index (χ4n) is 1.05. The van der Waals surface area contributed by atoms with E-state index in [1.807, 2.05) is 0 Å². The summed E-state index contributed by atoms with van der Waals surface area (Å²) in [6.45, 7) is 0. The summed E-state index contributed by atoms with van der Waals surface area (Å²) in [5.74, 6) is 0. The molecule has 0 unspecified atom stereocenters. The molecule has 0 aliphatic rings. The van der Waals surface area contributed by atoms with Crippen LogP contribution in [-0.2, 0) is 0 Å². The number of nitrogens with two attached hydrogens (primary N) is 1. The lowest BCUT2D eigenvalue weighted by Gasteiger charge is -2.05. The van der Waals surface area contributed by atoms with Gasteiger partial charge in [0.05, 0.1) is 21.4 Å². The zero-order valence-electron chi connectivity index (χ0n) is 6.98. The molecule has 1 heterocycles. The summed E-state index contributed by atoms with van der Waals surface area (Å²) in [6.07, 6.45) is 3.11. The van der Waals surface area contributed by atoms with Crippen LogP contribution in [0.3, 0.4) is 0 Å². The number of rotatable bonds is 1. The van der Waals surface area contributed by atoms with Crippen LogP contribution < -0.4 is 5.73 Å². The van der Waals surface area contributed by atoms with Crippen LogP contribution in [0.1, 0.15) is 0 Å². The molecule has 0 saturated carbocycles. The van der Waals surface area contributed by atoms with Gasteiger partial charge in [0.15, 0.2) is 0 Å². The Morgan fingerprint density at radius 2 is 1.57 bits per heavy atom. The molecule has 4 nitrogen and oxygen atoms in total. The first kappa shape index (κ1) is 9.30. The maximum absolute atomic E-state index is 5.87. The summed E-state index contributed by atoms with van der Waals surface area (Å²) in [5, 5.41) is 8.19. The maximum Gasteiger partial charge on any atom is 0.123 e. The van der Waals surface area contributed by atoms with E-state index in [4.69, 9.17) is 28.9 Å². The Bertz CT molecular complexity index is 429. The summed E-state index contributed by atoms with van der Waals surface area (Å²) in [6, 6.07) is 3.40. The van der Waals surface area contributed by atoms with Crippen molar-refractivity contribution in [2.24, 2.45) is 0 Å². The third kappa shape index (κ3) is 1.54. The molecule has 0 fully saturated rings. The van der Waals surface area contributed by atoms with E-state index in [0.29, 0.717) is 15.7 Å². The van der Waals surface area contributed by atoms with Crippen molar-refractivity contribution in [2.75, 3.05) is 5.73 Å². The van der Waals surface area contributed by atoms with E-state index >= 15 is 0 Å². The Labute approximate surface area is 90.3 Å². The van der Waals surface area contributed by atoms with E-state index in [-0.39, 0.29) is 0 Å². The Kier molecular flexibility index (Phi) is 2.31. The average Bonchev–Trinajstić information content (AvgIpc) is 2.66. The first-order chi connectivity index (χ1) is 6.68. The van der Waals surface area contributed by atoms with Gasteiger partial charge in [0.25, 0.3) is 0 Å². The topological polar surface area (TPSA) is 56.7 Å². The van der Waals surface area contributed by atoms with Crippen molar-refractivity contribution >= 4 is 28.9 Å². The second-order valence-electron chi connectivity index (χ2n) is 2.69. The van der Waals surface area contributed by atoms with E-state index in [0.717, 1.165) is 5.69 Å². The fourth-order valence-corrected chi connectivity index (χ4v) is 1.53. The summed E-state index contributed by atoms with van der Waals surface area (Å²) in [4.78, 5) is 0. The Morgan fingerprint density at radius 3 is 2.07 bits per heavy atom. The van der Waals surface area contributed by atoms with Gasteiger partial charge in [-0.25, -0.2) is 0 Å². The predicted molar refractivity (Wildman–Crippen MR) is 55.8 cm³/mol. The maximum atomic E-state index is 5.87. The lowest BCUT2D eigenvalue weighted by molar-refractivity contribution is 1.06. The number of nitrogens with zero attached hydrogens (tertiary/aromatic N) is 3. The van der Waals surface area contributed by atoms with Gasteiger partial charge in [0, 0.05) is 0 Å².